The highest BCUT2D eigenvalue weighted by Gasteiger charge is 2.42. The molecular weight excluding hydrogens is 588 g/mol. The number of nitrogens with one attached hydrogen (secondary N) is 2. The van der Waals surface area contributed by atoms with Gasteiger partial charge in [-0.2, -0.15) is 0 Å². The number of hydrogen-bond acceptors (Lipinski definition) is 8. The van der Waals surface area contributed by atoms with E-state index in [-0.39, 0.29) is 0 Å². The van der Waals surface area contributed by atoms with E-state index in [2.05, 4.69) is 10.6 Å². The van der Waals surface area contributed by atoms with Crippen LogP contribution in [0.1, 0.15) is 36.1 Å². The fourth-order valence-corrected chi connectivity index (χ4v) is 5.45. The molecule has 2 amide bonds. The molecule has 0 saturated carbocycles. The lowest BCUT2D eigenvalue weighted by Gasteiger charge is -2.37. The molecule has 10 heteroatoms. The second-order valence-electron chi connectivity index (χ2n) is 10.8. The fraction of sp³-hybridized carbons (Fsp3) is 0.278. The molecule has 46 heavy (non-hydrogen) atoms. The van der Waals surface area contributed by atoms with Gasteiger partial charge >= 0.3 is 11.8 Å². The first-order valence-electron chi connectivity index (χ1n) is 14.6. The molecule has 4 aromatic carbocycles. The molecule has 242 valence electrons. The van der Waals surface area contributed by atoms with Crippen LogP contribution >= 0.6 is 0 Å². The Labute approximate surface area is 268 Å². The van der Waals surface area contributed by atoms with Crippen molar-refractivity contribution in [3.63, 3.8) is 0 Å². The molecule has 0 saturated heterocycles. The van der Waals surface area contributed by atoms with Gasteiger partial charge in [-0.3, -0.25) is 9.59 Å². The van der Waals surface area contributed by atoms with Crippen molar-refractivity contribution < 1.29 is 38.7 Å². The molecule has 4 aromatic rings. The van der Waals surface area contributed by atoms with Crippen molar-refractivity contribution in [1.82, 2.24) is 10.6 Å². The van der Waals surface area contributed by atoms with Crippen LogP contribution < -0.4 is 29.6 Å². The number of amides is 2. The summed E-state index contributed by atoms with van der Waals surface area (Å²) >= 11 is 0. The van der Waals surface area contributed by atoms with Crippen LogP contribution in [0.2, 0.25) is 0 Å². The number of hydrogen-bond donors (Lipinski definition) is 4. The number of aliphatic hydroxyl groups is 2. The van der Waals surface area contributed by atoms with E-state index in [0.717, 1.165) is 0 Å². The van der Waals surface area contributed by atoms with E-state index >= 15 is 0 Å². The first kappa shape index (κ1) is 33.8. The molecule has 0 unspecified atom stereocenters. The summed E-state index contributed by atoms with van der Waals surface area (Å²) < 4.78 is 21.1. The number of carbonyl (C=O) groups excluding carboxylic acids is 2. The highest BCUT2D eigenvalue weighted by Crippen LogP contribution is 2.36. The standard InChI is InChI=1S/C36H40N2O8/c1-23(35(41,25-7-15-29(43-3)16-8-25)26-9-17-30(44-4)18-10-26)37-33(39)34(40)38-24(2)36(42,27-11-19-31(45-5)20-12-27)28-13-21-32(46-6)22-14-28/h7-24,41-42H,1-6H3,(H,37,39)(H,38,40)/t23-,24-/m1/s1. The van der Waals surface area contributed by atoms with Crippen LogP contribution in [-0.4, -0.2) is 62.6 Å². The molecule has 0 aliphatic carbocycles. The Morgan fingerprint density at radius 3 is 0.848 bits per heavy atom. The molecular formula is C36H40N2O8. The third-order valence-corrected chi connectivity index (χ3v) is 8.28. The van der Waals surface area contributed by atoms with E-state index in [1.165, 1.54) is 28.4 Å². The van der Waals surface area contributed by atoms with Crippen molar-refractivity contribution in [2.45, 2.75) is 37.1 Å². The Bertz CT molecular complexity index is 1390. The van der Waals surface area contributed by atoms with E-state index in [9.17, 15) is 19.8 Å². The SMILES string of the molecule is COc1ccc(C(O)(c2ccc(OC)cc2)[C@@H](C)NC(=O)C(=O)N[C@H](C)C(O)(c2ccc(OC)cc2)c2ccc(OC)cc2)cc1. The third kappa shape index (κ3) is 6.78. The van der Waals surface area contributed by atoms with Crippen molar-refractivity contribution in [1.29, 1.82) is 0 Å². The lowest BCUT2D eigenvalue weighted by atomic mass is 9.80. The molecule has 10 nitrogen and oxygen atoms in total. The monoisotopic (exact) mass is 628 g/mol. The van der Waals surface area contributed by atoms with Gasteiger partial charge in [-0.1, -0.05) is 48.5 Å². The maximum absolute atomic E-state index is 13.4. The normalized spacial score (nSPS) is 12.8. The summed E-state index contributed by atoms with van der Waals surface area (Å²) in [5, 5.41) is 29.7. The lowest BCUT2D eigenvalue weighted by molar-refractivity contribution is -0.141. The van der Waals surface area contributed by atoms with Crippen LogP contribution in [0, 0.1) is 0 Å². The van der Waals surface area contributed by atoms with Crippen LogP contribution in [0.3, 0.4) is 0 Å². The van der Waals surface area contributed by atoms with Gasteiger partial charge in [0.2, 0.25) is 0 Å². The molecule has 4 rings (SSSR count). The van der Waals surface area contributed by atoms with Crippen LogP contribution in [0.25, 0.3) is 0 Å². The molecule has 0 radical (unpaired) electrons. The molecule has 4 N–H and O–H groups in total. The first-order chi connectivity index (χ1) is 22.0. The zero-order valence-corrected chi connectivity index (χ0v) is 26.7. The summed E-state index contributed by atoms with van der Waals surface area (Å²) in [6.45, 7) is 3.21. The molecule has 0 spiro atoms. The second-order valence-corrected chi connectivity index (χ2v) is 10.8. The smallest absolute Gasteiger partial charge is 0.309 e. The summed E-state index contributed by atoms with van der Waals surface area (Å²) in [7, 11) is 6.16. The molecule has 0 aromatic heterocycles. The minimum atomic E-state index is -1.74. The van der Waals surface area contributed by atoms with Crippen molar-refractivity contribution in [3.8, 4) is 23.0 Å². The van der Waals surface area contributed by atoms with Gasteiger partial charge in [-0.05, 0) is 84.6 Å². The van der Waals surface area contributed by atoms with Gasteiger partial charge in [-0.15, -0.1) is 0 Å². The number of ether oxygens (including phenoxy) is 4. The molecule has 0 bridgehead atoms. The number of methoxy groups -OCH3 is 4. The van der Waals surface area contributed by atoms with E-state index < -0.39 is 35.1 Å². The summed E-state index contributed by atoms with van der Waals surface area (Å²) in [5.74, 6) is 0.372. The summed E-state index contributed by atoms with van der Waals surface area (Å²) in [6.07, 6.45) is 0. The van der Waals surface area contributed by atoms with Crippen LogP contribution in [0.5, 0.6) is 23.0 Å². The van der Waals surface area contributed by atoms with Gasteiger partial charge in [0.25, 0.3) is 0 Å². The topological polar surface area (TPSA) is 136 Å². The Hall–Kier alpha value is -5.06. The first-order valence-corrected chi connectivity index (χ1v) is 14.6. The maximum Gasteiger partial charge on any atom is 0.309 e. The average molecular weight is 629 g/mol. The zero-order valence-electron chi connectivity index (χ0n) is 26.7. The number of carbonyl (C=O) groups is 2. The van der Waals surface area contributed by atoms with Crippen LogP contribution in [0.4, 0.5) is 0 Å². The average Bonchev–Trinajstić information content (AvgIpc) is 3.10. The van der Waals surface area contributed by atoms with E-state index in [1.54, 1.807) is 111 Å². The Kier molecular flexibility index (Phi) is 10.6. The largest absolute Gasteiger partial charge is 0.497 e. The van der Waals surface area contributed by atoms with E-state index in [1.807, 2.05) is 0 Å². The Morgan fingerprint density at radius 1 is 0.478 bits per heavy atom. The number of rotatable bonds is 12. The van der Waals surface area contributed by atoms with Gasteiger partial charge in [-0.25, -0.2) is 0 Å². The molecule has 0 heterocycles. The van der Waals surface area contributed by atoms with Gasteiger partial charge in [0, 0.05) is 0 Å². The molecule has 0 fully saturated rings. The van der Waals surface area contributed by atoms with Crippen molar-refractivity contribution >= 4 is 11.8 Å². The highest BCUT2D eigenvalue weighted by atomic mass is 16.5. The summed E-state index contributed by atoms with van der Waals surface area (Å²) in [5.41, 5.74) is -1.62. The second kappa shape index (κ2) is 14.4. The van der Waals surface area contributed by atoms with Crippen molar-refractivity contribution in [3.05, 3.63) is 119 Å². The van der Waals surface area contributed by atoms with Crippen LogP contribution in [0.15, 0.2) is 97.1 Å². The minimum absolute atomic E-state index is 0.466. The number of benzene rings is 4. The van der Waals surface area contributed by atoms with Gasteiger partial charge < -0.3 is 39.8 Å². The zero-order chi connectivity index (χ0) is 33.5. The molecule has 2 atom stereocenters. The summed E-state index contributed by atoms with van der Waals surface area (Å²) in [6, 6.07) is 25.2. The Balaban J connectivity index is 1.61. The molecule has 0 aliphatic heterocycles. The van der Waals surface area contributed by atoms with Crippen molar-refractivity contribution in [2.24, 2.45) is 0 Å². The maximum atomic E-state index is 13.4. The van der Waals surface area contributed by atoms with E-state index in [4.69, 9.17) is 18.9 Å². The third-order valence-electron chi connectivity index (χ3n) is 8.28. The van der Waals surface area contributed by atoms with E-state index in [0.29, 0.717) is 45.3 Å². The quantitative estimate of drug-likeness (QED) is 0.174. The lowest BCUT2D eigenvalue weighted by Crippen LogP contribution is -2.56. The van der Waals surface area contributed by atoms with Crippen LogP contribution in [-0.2, 0) is 20.8 Å². The Morgan fingerprint density at radius 2 is 0.674 bits per heavy atom. The highest BCUT2D eigenvalue weighted by molar-refractivity contribution is 6.35. The van der Waals surface area contributed by atoms with Gasteiger partial charge in [0.15, 0.2) is 0 Å². The predicted octanol–water partition coefficient (Wildman–Crippen LogP) is 3.90. The fourth-order valence-electron chi connectivity index (χ4n) is 5.45. The molecule has 0 aliphatic rings. The summed E-state index contributed by atoms with van der Waals surface area (Å²) in [4.78, 5) is 26.8. The minimum Gasteiger partial charge on any atom is -0.497 e. The predicted molar refractivity (Wildman–Crippen MR) is 173 cm³/mol. The van der Waals surface area contributed by atoms with Gasteiger partial charge in [0.1, 0.15) is 34.2 Å². The van der Waals surface area contributed by atoms with Crippen molar-refractivity contribution in [2.75, 3.05) is 28.4 Å². The van der Waals surface area contributed by atoms with Gasteiger partial charge in [0.05, 0.1) is 40.5 Å².